The van der Waals surface area contributed by atoms with Gasteiger partial charge in [-0.25, -0.2) is 0 Å². The summed E-state index contributed by atoms with van der Waals surface area (Å²) in [5, 5.41) is 22.0. The Balaban J connectivity index is 1.83. The molecule has 0 aliphatic carbocycles. The fraction of sp³-hybridized carbons (Fsp3) is 0.111. The summed E-state index contributed by atoms with van der Waals surface area (Å²) in [6.45, 7) is 1.53. The molecule has 0 heterocycles. The molecule has 4 rings (SSSR count). The monoisotopic (exact) mass is 578 g/mol. The third kappa shape index (κ3) is 6.54. The van der Waals surface area contributed by atoms with Gasteiger partial charge < -0.3 is 9.47 Å². The average molecular weight is 578 g/mol. The third-order valence-electron chi connectivity index (χ3n) is 5.75. The van der Waals surface area contributed by atoms with Crippen LogP contribution in [0, 0.1) is 27.2 Å². The lowest BCUT2D eigenvalue weighted by atomic mass is 10.0. The number of aryl methyl sites for hydroxylation is 1. The van der Waals surface area contributed by atoms with Gasteiger partial charge in [0.05, 0.1) is 15.4 Å². The number of benzene rings is 4. The second-order valence-electron chi connectivity index (χ2n) is 8.58. The Kier molecular flexibility index (Phi) is 7.59. The molecule has 0 unspecified atom stereocenters. The summed E-state index contributed by atoms with van der Waals surface area (Å²) >= 11 is 0. The minimum Gasteiger partial charge on any atom is -0.457 e. The highest BCUT2D eigenvalue weighted by Crippen LogP contribution is 2.44. The van der Waals surface area contributed by atoms with E-state index in [4.69, 9.17) is 9.47 Å². The van der Waals surface area contributed by atoms with Gasteiger partial charge in [0.15, 0.2) is 0 Å². The van der Waals surface area contributed by atoms with Crippen molar-refractivity contribution in [3.8, 4) is 34.1 Å². The average Bonchev–Trinajstić information content (AvgIpc) is 2.89. The Labute approximate surface area is 226 Å². The van der Waals surface area contributed by atoms with Gasteiger partial charge >= 0.3 is 12.4 Å². The molecule has 0 saturated heterocycles. The number of nitro benzene ring substituents is 2. The maximum absolute atomic E-state index is 13.7. The molecule has 41 heavy (non-hydrogen) atoms. The van der Waals surface area contributed by atoms with E-state index in [-0.39, 0.29) is 40.1 Å². The first-order valence-electron chi connectivity index (χ1n) is 11.4. The van der Waals surface area contributed by atoms with Gasteiger partial charge in [0.1, 0.15) is 28.6 Å². The van der Waals surface area contributed by atoms with Crippen LogP contribution < -0.4 is 9.47 Å². The topological polar surface area (TPSA) is 105 Å². The Morgan fingerprint density at radius 3 is 1.85 bits per heavy atom. The summed E-state index contributed by atoms with van der Waals surface area (Å²) in [4.78, 5) is 20.4. The van der Waals surface area contributed by atoms with Crippen LogP contribution in [0.4, 0.5) is 37.7 Å². The van der Waals surface area contributed by atoms with Crippen molar-refractivity contribution in [2.24, 2.45) is 0 Å². The molecule has 0 saturated carbocycles. The number of nitrogens with zero attached hydrogens (tertiary/aromatic N) is 2. The summed E-state index contributed by atoms with van der Waals surface area (Å²) in [6, 6.07) is 13.2. The zero-order valence-corrected chi connectivity index (χ0v) is 20.6. The minimum atomic E-state index is -5.06. The molecule has 0 spiro atoms. The van der Waals surface area contributed by atoms with Crippen molar-refractivity contribution in [1.82, 2.24) is 0 Å². The van der Waals surface area contributed by atoms with E-state index in [0.717, 1.165) is 36.4 Å². The summed E-state index contributed by atoms with van der Waals surface area (Å²) in [5.74, 6) is -0.928. The molecular formula is C27H16F6N2O6. The quantitative estimate of drug-likeness (QED) is 0.123. The van der Waals surface area contributed by atoms with E-state index in [1.165, 1.54) is 43.3 Å². The van der Waals surface area contributed by atoms with Crippen molar-refractivity contribution in [3.05, 3.63) is 116 Å². The highest BCUT2D eigenvalue weighted by Gasteiger charge is 2.37. The smallest absolute Gasteiger partial charge is 0.420 e. The second-order valence-corrected chi connectivity index (χ2v) is 8.58. The molecule has 0 aliphatic heterocycles. The molecule has 212 valence electrons. The van der Waals surface area contributed by atoms with E-state index in [9.17, 15) is 46.6 Å². The molecule has 0 bridgehead atoms. The van der Waals surface area contributed by atoms with Gasteiger partial charge in [-0.05, 0) is 60.5 Å². The fourth-order valence-electron chi connectivity index (χ4n) is 3.80. The predicted octanol–water partition coefficient (Wildman–Crippen LogP) is 9.10. The van der Waals surface area contributed by atoms with Crippen LogP contribution in [0.15, 0.2) is 78.9 Å². The summed E-state index contributed by atoms with van der Waals surface area (Å²) in [5.41, 5.74) is -3.37. The number of hydrogen-bond donors (Lipinski definition) is 0. The van der Waals surface area contributed by atoms with E-state index in [1.54, 1.807) is 0 Å². The van der Waals surface area contributed by atoms with E-state index in [2.05, 4.69) is 0 Å². The van der Waals surface area contributed by atoms with Crippen LogP contribution in [0.1, 0.15) is 16.7 Å². The lowest BCUT2D eigenvalue weighted by Crippen LogP contribution is -2.08. The Hall–Kier alpha value is -5.14. The van der Waals surface area contributed by atoms with Crippen LogP contribution in [0.25, 0.3) is 11.1 Å². The lowest BCUT2D eigenvalue weighted by molar-refractivity contribution is -0.385. The van der Waals surface area contributed by atoms with Gasteiger partial charge in [0.2, 0.25) is 0 Å². The molecule has 0 fully saturated rings. The largest absolute Gasteiger partial charge is 0.457 e. The minimum absolute atomic E-state index is 0.0291. The number of alkyl halides is 6. The van der Waals surface area contributed by atoms with Crippen LogP contribution in [-0.4, -0.2) is 9.85 Å². The Morgan fingerprint density at radius 2 is 1.27 bits per heavy atom. The van der Waals surface area contributed by atoms with Crippen LogP contribution in [0.2, 0.25) is 0 Å². The molecular weight excluding hydrogens is 562 g/mol. The number of ether oxygens (including phenoxy) is 2. The molecule has 4 aromatic carbocycles. The van der Waals surface area contributed by atoms with Crippen LogP contribution in [0.5, 0.6) is 23.0 Å². The van der Waals surface area contributed by atoms with Gasteiger partial charge in [-0.2, -0.15) is 26.3 Å². The first-order valence-corrected chi connectivity index (χ1v) is 11.4. The van der Waals surface area contributed by atoms with E-state index in [0.29, 0.717) is 5.56 Å². The summed E-state index contributed by atoms with van der Waals surface area (Å²) < 4.78 is 92.8. The summed E-state index contributed by atoms with van der Waals surface area (Å²) in [7, 11) is 0. The molecule has 14 heteroatoms. The van der Waals surface area contributed by atoms with Crippen LogP contribution in [-0.2, 0) is 12.4 Å². The first-order chi connectivity index (χ1) is 19.1. The highest BCUT2D eigenvalue weighted by atomic mass is 19.4. The lowest BCUT2D eigenvalue weighted by Gasteiger charge is -2.18. The van der Waals surface area contributed by atoms with Crippen molar-refractivity contribution in [2.45, 2.75) is 19.3 Å². The zero-order chi connectivity index (χ0) is 30.1. The number of rotatable bonds is 7. The first kappa shape index (κ1) is 28.9. The second kappa shape index (κ2) is 10.8. The van der Waals surface area contributed by atoms with Crippen molar-refractivity contribution in [2.75, 3.05) is 0 Å². The van der Waals surface area contributed by atoms with Crippen LogP contribution in [0.3, 0.4) is 0 Å². The number of non-ortho nitro benzene ring substituents is 2. The normalized spacial score (nSPS) is 11.7. The van der Waals surface area contributed by atoms with Gasteiger partial charge in [0.25, 0.3) is 11.4 Å². The highest BCUT2D eigenvalue weighted by molar-refractivity contribution is 5.73. The standard InChI is InChI=1S/C27H16F6N2O6/c1-15-11-18(34(36)37)5-8-23(15)40-20-7-10-24(21(14-20)16-3-2-4-17(12-16)26(28,29)30)41-25-9-6-19(35(38)39)13-22(25)27(31,32)33/h2-14H,1H3. The van der Waals surface area contributed by atoms with E-state index in [1.807, 2.05) is 0 Å². The molecule has 0 atom stereocenters. The third-order valence-corrected chi connectivity index (χ3v) is 5.75. The van der Waals surface area contributed by atoms with Crippen molar-refractivity contribution in [3.63, 3.8) is 0 Å². The molecule has 0 aliphatic rings. The maximum Gasteiger partial charge on any atom is 0.420 e. The van der Waals surface area contributed by atoms with Gasteiger partial charge in [0, 0.05) is 29.8 Å². The fourth-order valence-corrected chi connectivity index (χ4v) is 3.80. The molecule has 0 amide bonds. The summed E-state index contributed by atoms with van der Waals surface area (Å²) in [6.07, 6.45) is -9.79. The molecule has 0 radical (unpaired) electrons. The molecule has 0 aromatic heterocycles. The van der Waals surface area contributed by atoms with Crippen molar-refractivity contribution >= 4 is 11.4 Å². The van der Waals surface area contributed by atoms with Crippen molar-refractivity contribution in [1.29, 1.82) is 0 Å². The van der Waals surface area contributed by atoms with E-state index >= 15 is 0 Å². The number of halogens is 6. The SMILES string of the molecule is Cc1cc([N+](=O)[O-])ccc1Oc1ccc(Oc2ccc([N+](=O)[O-])cc2C(F)(F)F)c(-c2cccc(C(F)(F)F)c2)c1. The van der Waals surface area contributed by atoms with E-state index < -0.39 is 44.8 Å². The molecule has 8 nitrogen and oxygen atoms in total. The number of nitro groups is 2. The maximum atomic E-state index is 13.7. The van der Waals surface area contributed by atoms with Crippen molar-refractivity contribution < 1.29 is 45.7 Å². The Bertz CT molecular complexity index is 1650. The van der Waals surface area contributed by atoms with Crippen LogP contribution >= 0.6 is 0 Å². The van der Waals surface area contributed by atoms with Gasteiger partial charge in [-0.1, -0.05) is 12.1 Å². The number of hydrogen-bond acceptors (Lipinski definition) is 6. The molecule has 0 N–H and O–H groups in total. The predicted molar refractivity (Wildman–Crippen MR) is 133 cm³/mol. The Morgan fingerprint density at radius 1 is 0.659 bits per heavy atom. The zero-order valence-electron chi connectivity index (χ0n) is 20.6. The van der Waals surface area contributed by atoms with Gasteiger partial charge in [-0.15, -0.1) is 0 Å². The van der Waals surface area contributed by atoms with Gasteiger partial charge in [-0.3, -0.25) is 20.2 Å². The molecule has 4 aromatic rings.